The maximum absolute atomic E-state index is 14.1. The van der Waals surface area contributed by atoms with E-state index in [0.717, 1.165) is 0 Å². The average Bonchev–Trinajstić information content (AvgIpc) is 2.86. The van der Waals surface area contributed by atoms with Gasteiger partial charge in [-0.25, -0.2) is 0 Å². The van der Waals surface area contributed by atoms with Crippen LogP contribution in [0.4, 0.5) is 0 Å². The summed E-state index contributed by atoms with van der Waals surface area (Å²) in [4.78, 5) is 42.4. The standard InChI is InChI=1S/3C7H5O.C6H5.Sn/c3*8-6-7-4-2-1-3-5-7;1-2-4-6-5-3-1;/h3*1-5H;1-5H;. The normalized spacial score (nSPS) is 11.0. The first-order valence-electron chi connectivity index (χ1n) is 10.0. The maximum atomic E-state index is 14.1. The van der Waals surface area contributed by atoms with Crippen LogP contribution in [0.3, 0.4) is 0 Å². The molecule has 0 aliphatic rings. The summed E-state index contributed by atoms with van der Waals surface area (Å²) in [7, 11) is 0. The molecule has 31 heavy (non-hydrogen) atoms. The molecule has 150 valence electrons. The van der Waals surface area contributed by atoms with E-state index in [9.17, 15) is 14.4 Å². The Morgan fingerprint density at radius 1 is 0.387 bits per heavy atom. The number of rotatable bonds is 7. The van der Waals surface area contributed by atoms with Crippen molar-refractivity contribution in [2.24, 2.45) is 0 Å². The van der Waals surface area contributed by atoms with Gasteiger partial charge in [0, 0.05) is 0 Å². The number of benzene rings is 4. The van der Waals surface area contributed by atoms with E-state index in [1.807, 2.05) is 24.3 Å². The predicted octanol–water partition coefficient (Wildman–Crippen LogP) is 4.61. The summed E-state index contributed by atoms with van der Waals surface area (Å²) >= 11 is -5.19. The molecule has 0 fully saturated rings. The van der Waals surface area contributed by atoms with Gasteiger partial charge in [0.25, 0.3) is 0 Å². The molecule has 4 rings (SSSR count). The zero-order valence-electron chi connectivity index (χ0n) is 16.8. The first-order chi connectivity index (χ1) is 15.2. The van der Waals surface area contributed by atoms with Gasteiger partial charge in [-0.05, 0) is 0 Å². The van der Waals surface area contributed by atoms with Crippen molar-refractivity contribution in [1.82, 2.24) is 0 Å². The third-order valence-corrected chi connectivity index (χ3v) is 17.1. The average molecular weight is 511 g/mol. The Labute approximate surface area is 185 Å². The fourth-order valence-corrected chi connectivity index (χ4v) is 14.9. The number of carbonyl (C=O) groups is 3. The minimum absolute atomic E-state index is 0.330. The molecule has 0 atom stereocenters. The second-order valence-corrected chi connectivity index (χ2v) is 17.0. The first-order valence-corrected chi connectivity index (χ1v) is 15.7. The molecule has 0 aromatic heterocycles. The molecule has 0 aliphatic carbocycles. The van der Waals surface area contributed by atoms with Gasteiger partial charge in [-0.15, -0.1) is 0 Å². The molecule has 0 aliphatic heterocycles. The van der Waals surface area contributed by atoms with Gasteiger partial charge in [0.1, 0.15) is 0 Å². The monoisotopic (exact) mass is 512 g/mol. The van der Waals surface area contributed by atoms with E-state index in [1.54, 1.807) is 97.1 Å². The van der Waals surface area contributed by atoms with E-state index in [0.29, 0.717) is 20.3 Å². The van der Waals surface area contributed by atoms with Crippen LogP contribution in [0.2, 0.25) is 0 Å². The van der Waals surface area contributed by atoms with E-state index in [1.165, 1.54) is 0 Å². The SMILES string of the molecule is O=[C](c1ccccc1)[Sn]([C](=O)c1ccccc1)([C](=O)c1ccccc1)[c]1ccccc1. The second kappa shape index (κ2) is 9.23. The van der Waals surface area contributed by atoms with Crippen molar-refractivity contribution in [3.05, 3.63) is 138 Å². The van der Waals surface area contributed by atoms with E-state index in [4.69, 9.17) is 0 Å². The van der Waals surface area contributed by atoms with Gasteiger partial charge in [-0.1, -0.05) is 0 Å². The topological polar surface area (TPSA) is 51.2 Å². The molecule has 4 aromatic carbocycles. The van der Waals surface area contributed by atoms with E-state index in [-0.39, 0.29) is 11.4 Å². The molecule has 4 aromatic rings. The third-order valence-electron chi connectivity index (χ3n) is 5.34. The summed E-state index contributed by atoms with van der Waals surface area (Å²) in [5.41, 5.74) is 1.20. The minimum atomic E-state index is -5.19. The fraction of sp³-hybridized carbons (Fsp3) is 0. The Balaban J connectivity index is 2.05. The van der Waals surface area contributed by atoms with Crippen LogP contribution >= 0.6 is 0 Å². The van der Waals surface area contributed by atoms with Crippen molar-refractivity contribution in [3.8, 4) is 0 Å². The molecule has 0 radical (unpaired) electrons. The Morgan fingerprint density at radius 3 is 0.935 bits per heavy atom. The molecule has 4 heteroatoms. The molecule has 0 bridgehead atoms. The van der Waals surface area contributed by atoms with Crippen molar-refractivity contribution in [2.75, 3.05) is 0 Å². The Hall–Kier alpha value is -3.31. The van der Waals surface area contributed by atoms with Crippen molar-refractivity contribution in [2.45, 2.75) is 0 Å². The fourth-order valence-electron chi connectivity index (χ4n) is 3.81. The molecule has 0 N–H and O–H groups in total. The molecular formula is C27H20O3Sn. The Bertz CT molecular complexity index is 1080. The van der Waals surface area contributed by atoms with Crippen LogP contribution in [-0.2, 0) is 0 Å². The summed E-state index contributed by atoms with van der Waals surface area (Å²) in [5.74, 6) is 0. The van der Waals surface area contributed by atoms with Crippen molar-refractivity contribution >= 4 is 33.4 Å². The molecule has 0 amide bonds. The van der Waals surface area contributed by atoms with Gasteiger partial charge in [0.15, 0.2) is 0 Å². The van der Waals surface area contributed by atoms with Crippen molar-refractivity contribution in [1.29, 1.82) is 0 Å². The van der Waals surface area contributed by atoms with E-state index >= 15 is 0 Å². The van der Waals surface area contributed by atoms with Crippen LogP contribution in [0.5, 0.6) is 0 Å². The summed E-state index contributed by atoms with van der Waals surface area (Å²) in [6.07, 6.45) is 0. The van der Waals surface area contributed by atoms with Gasteiger partial charge in [-0.3, -0.25) is 0 Å². The number of hydrogen-bond acceptors (Lipinski definition) is 3. The van der Waals surface area contributed by atoms with Crippen molar-refractivity contribution in [3.63, 3.8) is 0 Å². The van der Waals surface area contributed by atoms with Gasteiger partial charge < -0.3 is 0 Å². The summed E-state index contributed by atoms with van der Waals surface area (Å²) in [5, 5.41) is 0. The van der Waals surface area contributed by atoms with Gasteiger partial charge in [0.05, 0.1) is 0 Å². The molecule has 3 nitrogen and oxygen atoms in total. The zero-order valence-corrected chi connectivity index (χ0v) is 19.6. The van der Waals surface area contributed by atoms with Crippen LogP contribution in [0.25, 0.3) is 0 Å². The molecule has 0 saturated heterocycles. The quantitative estimate of drug-likeness (QED) is 0.341. The molecular weight excluding hydrogens is 491 g/mol. The molecule has 0 unspecified atom stereocenters. The molecule has 0 saturated carbocycles. The van der Waals surface area contributed by atoms with Gasteiger partial charge in [-0.2, -0.15) is 0 Å². The number of hydrogen-bond donors (Lipinski definition) is 0. The zero-order chi connectivity index (χ0) is 21.7. The van der Waals surface area contributed by atoms with E-state index in [2.05, 4.69) is 0 Å². The Morgan fingerprint density at radius 2 is 0.645 bits per heavy atom. The summed E-state index contributed by atoms with van der Waals surface area (Å²) in [6, 6.07) is 35.0. The first kappa shape index (κ1) is 20.9. The summed E-state index contributed by atoms with van der Waals surface area (Å²) in [6.45, 7) is 0. The van der Waals surface area contributed by atoms with Crippen LogP contribution in [-0.4, -0.2) is 29.8 Å². The third kappa shape index (κ3) is 3.89. The number of carbonyl (C=O) groups excluding carboxylic acids is 3. The van der Waals surface area contributed by atoms with Crippen molar-refractivity contribution < 1.29 is 14.4 Å². The molecule has 0 spiro atoms. The second-order valence-electron chi connectivity index (χ2n) is 7.20. The summed E-state index contributed by atoms with van der Waals surface area (Å²) < 4.78 is -0.426. The van der Waals surface area contributed by atoms with Crippen LogP contribution < -0.4 is 3.58 Å². The van der Waals surface area contributed by atoms with Crippen LogP contribution in [0.1, 0.15) is 31.1 Å². The molecule has 0 heterocycles. The Kier molecular flexibility index (Phi) is 6.23. The van der Waals surface area contributed by atoms with Gasteiger partial charge in [0.2, 0.25) is 0 Å². The van der Waals surface area contributed by atoms with E-state index < -0.39 is 18.4 Å². The predicted molar refractivity (Wildman–Crippen MR) is 124 cm³/mol. The van der Waals surface area contributed by atoms with Gasteiger partial charge >= 0.3 is 186 Å². The van der Waals surface area contributed by atoms with Crippen LogP contribution in [0, 0.1) is 0 Å². The van der Waals surface area contributed by atoms with Crippen LogP contribution in [0.15, 0.2) is 121 Å².